The van der Waals surface area contributed by atoms with Gasteiger partial charge in [-0.05, 0) is 95.4 Å². The van der Waals surface area contributed by atoms with E-state index in [9.17, 15) is 19.0 Å². The van der Waals surface area contributed by atoms with E-state index in [2.05, 4.69) is 5.32 Å². The summed E-state index contributed by atoms with van der Waals surface area (Å²) < 4.78 is 48.3. The number of carbonyl (C=O) groups is 3. The molecule has 4 heterocycles. The Morgan fingerprint density at radius 2 is 1.75 bits per heavy atom. The summed E-state index contributed by atoms with van der Waals surface area (Å²) in [5.41, 5.74) is 2.63. The average molecular weight is 917 g/mol. The zero-order chi connectivity index (χ0) is 45.2. The highest BCUT2D eigenvalue weighted by Gasteiger charge is 2.65. The molecule has 15 heteroatoms. The van der Waals surface area contributed by atoms with Gasteiger partial charge in [0.15, 0.2) is 10.9 Å². The van der Waals surface area contributed by atoms with Crippen LogP contribution in [0.15, 0.2) is 47.8 Å². The molecule has 2 saturated heterocycles. The third-order valence-corrected chi connectivity index (χ3v) is 17.6. The van der Waals surface area contributed by atoms with Gasteiger partial charge >= 0.3 is 5.97 Å². The summed E-state index contributed by atoms with van der Waals surface area (Å²) in [6, 6.07) is 11.2. The maximum Gasteiger partial charge on any atom is 0.306 e. The van der Waals surface area contributed by atoms with Crippen molar-refractivity contribution >= 4 is 52.4 Å². The number of aromatic nitrogens is 2. The Morgan fingerprint density at radius 3 is 2.50 bits per heavy atom. The predicted molar refractivity (Wildman–Crippen MR) is 247 cm³/mol. The molecule has 0 radical (unpaired) electrons. The molecule has 64 heavy (non-hydrogen) atoms. The molecular weight excluding hydrogens is 855 g/mol. The van der Waals surface area contributed by atoms with E-state index in [1.54, 1.807) is 31.1 Å². The van der Waals surface area contributed by atoms with Crippen LogP contribution in [0.25, 0.3) is 22.3 Å². The van der Waals surface area contributed by atoms with Crippen LogP contribution in [0.3, 0.4) is 0 Å². The van der Waals surface area contributed by atoms with E-state index in [1.807, 2.05) is 43.5 Å². The van der Waals surface area contributed by atoms with Crippen molar-refractivity contribution in [2.24, 2.45) is 11.8 Å². The molecule has 1 unspecified atom stereocenters. The van der Waals surface area contributed by atoms with Crippen LogP contribution in [0.4, 0.5) is 9.52 Å². The SMILES string of the molecule is COc1ccc2c(O[C@@H]3C[C@H]4C(=O)C[C@]5(P(=O)(O)Cc6c(C)cccc6F)C[C@H]5CCCCCCC[C@H](CC(=O)OC5CCCC5)C(=O)N4C3)cc(-c3csc(NC(C)C)n3)nc2c1. The molecule has 6 atom stereocenters. The highest BCUT2D eigenvalue weighted by Crippen LogP contribution is 2.75. The van der Waals surface area contributed by atoms with E-state index in [0.717, 1.165) is 62.9 Å². The predicted octanol–water partition coefficient (Wildman–Crippen LogP) is 10.4. The number of rotatable bonds is 12. The van der Waals surface area contributed by atoms with Gasteiger partial charge in [0.1, 0.15) is 35.2 Å². The van der Waals surface area contributed by atoms with E-state index in [4.69, 9.17) is 24.2 Å². The van der Waals surface area contributed by atoms with Crippen LogP contribution in [0.1, 0.15) is 121 Å². The van der Waals surface area contributed by atoms with Gasteiger partial charge in [0.2, 0.25) is 13.3 Å². The van der Waals surface area contributed by atoms with Crippen LogP contribution >= 0.6 is 18.7 Å². The van der Waals surface area contributed by atoms with Crippen molar-refractivity contribution in [2.45, 2.75) is 153 Å². The number of nitrogens with one attached hydrogen (secondary N) is 1. The molecule has 1 amide bonds. The maximum absolute atomic E-state index is 15.2. The minimum Gasteiger partial charge on any atom is -0.497 e. The molecule has 2 aliphatic carbocycles. The first-order chi connectivity index (χ1) is 30.7. The Balaban J connectivity index is 1.13. The number of carbonyl (C=O) groups excluding carboxylic acids is 3. The summed E-state index contributed by atoms with van der Waals surface area (Å²) in [6.07, 6.45) is 8.16. The van der Waals surface area contributed by atoms with Gasteiger partial charge < -0.3 is 29.3 Å². The van der Waals surface area contributed by atoms with E-state index in [1.165, 1.54) is 17.4 Å². The van der Waals surface area contributed by atoms with Crippen molar-refractivity contribution in [2.75, 3.05) is 19.0 Å². The highest BCUT2D eigenvalue weighted by molar-refractivity contribution is 7.59. The van der Waals surface area contributed by atoms with Gasteiger partial charge in [-0.3, -0.25) is 18.9 Å². The Hall–Kier alpha value is -4.39. The van der Waals surface area contributed by atoms with Gasteiger partial charge in [-0.15, -0.1) is 11.3 Å². The fourth-order valence-electron chi connectivity index (χ4n) is 10.3. The Bertz CT molecular complexity index is 2380. The average Bonchev–Trinajstić information content (AvgIpc) is 3.67. The van der Waals surface area contributed by atoms with Gasteiger partial charge in [-0.25, -0.2) is 14.4 Å². The minimum atomic E-state index is -4.18. The van der Waals surface area contributed by atoms with Crippen molar-refractivity contribution in [3.8, 4) is 22.9 Å². The first-order valence-corrected chi connectivity index (χ1v) is 25.9. The van der Waals surface area contributed by atoms with Gasteiger partial charge in [-0.1, -0.05) is 44.2 Å². The van der Waals surface area contributed by atoms with Crippen LogP contribution < -0.4 is 14.8 Å². The van der Waals surface area contributed by atoms with Crippen LogP contribution in [0.5, 0.6) is 11.5 Å². The molecule has 4 aromatic rings. The second-order valence-corrected chi connectivity index (χ2v) is 22.4. The lowest BCUT2D eigenvalue weighted by Gasteiger charge is -2.30. The van der Waals surface area contributed by atoms with Crippen molar-refractivity contribution in [1.29, 1.82) is 0 Å². The normalized spacial score (nSPS) is 25.6. The molecule has 2 aromatic carbocycles. The topological polar surface area (TPSA) is 157 Å². The zero-order valence-corrected chi connectivity index (χ0v) is 39.2. The number of anilines is 1. The van der Waals surface area contributed by atoms with Crippen LogP contribution in [0, 0.1) is 24.6 Å². The molecule has 4 fully saturated rings. The first kappa shape index (κ1) is 46.2. The van der Waals surface area contributed by atoms with E-state index in [-0.39, 0.29) is 67.3 Å². The Labute approximate surface area is 379 Å². The molecule has 12 nitrogen and oxygen atoms in total. The quantitative estimate of drug-likeness (QED) is 0.103. The summed E-state index contributed by atoms with van der Waals surface area (Å²) in [5.74, 6) is -1.34. The molecule has 8 rings (SSSR count). The van der Waals surface area contributed by atoms with Crippen molar-refractivity contribution in [3.63, 3.8) is 0 Å². The van der Waals surface area contributed by atoms with Gasteiger partial charge in [0.05, 0.1) is 48.6 Å². The number of nitrogens with zero attached hydrogens (tertiary/aromatic N) is 3. The van der Waals surface area contributed by atoms with Crippen LogP contribution in [-0.2, 0) is 29.8 Å². The smallest absolute Gasteiger partial charge is 0.306 e. The fourth-order valence-corrected chi connectivity index (χ4v) is 13.9. The summed E-state index contributed by atoms with van der Waals surface area (Å²) in [7, 11) is -2.59. The molecule has 2 aliphatic heterocycles. The maximum atomic E-state index is 15.2. The van der Waals surface area contributed by atoms with E-state index < -0.39 is 42.4 Å². The number of pyridine rings is 1. The van der Waals surface area contributed by atoms with E-state index in [0.29, 0.717) is 58.6 Å². The van der Waals surface area contributed by atoms with Gasteiger partial charge in [0, 0.05) is 53.3 Å². The standard InChI is InChI=1S/C49H62FN4O8PS/c1-30(2)51-48-53-42(29-64-48)41-24-45(37-20-19-35(60-4)22-40(37)52-41)61-36-23-43-44(55)26-49(63(58,59)28-38-31(3)13-12-18-39(38)50)25-33(49)15-9-7-5-6-8-14-32(47(57)54(43)27-36)21-46(56)62-34-16-10-11-17-34/h12-13,18-20,22,24,29-30,32-34,36,43H,5-11,14-17,21,23,25-28H2,1-4H3,(H,51,53)(H,58,59)/t32-,33-,36-,43+,49-/m1/s1. The molecule has 0 spiro atoms. The number of methoxy groups -OCH3 is 1. The number of esters is 1. The number of benzene rings is 2. The first-order valence-electron chi connectivity index (χ1n) is 23.2. The van der Waals surface area contributed by atoms with Crippen molar-refractivity contribution in [1.82, 2.24) is 14.9 Å². The summed E-state index contributed by atoms with van der Waals surface area (Å²) in [4.78, 5) is 66.9. The molecule has 2 N–H and O–H groups in total. The van der Waals surface area contributed by atoms with Crippen LogP contribution in [0.2, 0.25) is 0 Å². The van der Waals surface area contributed by atoms with Crippen molar-refractivity contribution < 1.29 is 42.4 Å². The fraction of sp³-hybridized carbons (Fsp3) is 0.571. The van der Waals surface area contributed by atoms with Gasteiger partial charge in [0.25, 0.3) is 0 Å². The Kier molecular flexibility index (Phi) is 14.1. The number of amides is 1. The number of ether oxygens (including phenoxy) is 3. The third-order valence-electron chi connectivity index (χ3n) is 13.9. The molecule has 0 bridgehead atoms. The highest BCUT2D eigenvalue weighted by atomic mass is 32.1. The number of aryl methyl sites for hydroxylation is 1. The molecular formula is C49H62FN4O8PS. The lowest BCUT2D eigenvalue weighted by molar-refractivity contribution is -0.154. The summed E-state index contributed by atoms with van der Waals surface area (Å²) in [5, 5.41) is 5.51. The summed E-state index contributed by atoms with van der Waals surface area (Å²) in [6.45, 7) is 5.88. The Morgan fingerprint density at radius 1 is 1.00 bits per heavy atom. The largest absolute Gasteiger partial charge is 0.497 e. The zero-order valence-electron chi connectivity index (χ0n) is 37.5. The van der Waals surface area contributed by atoms with Gasteiger partial charge in [-0.2, -0.15) is 0 Å². The second kappa shape index (κ2) is 19.6. The second-order valence-electron chi connectivity index (χ2n) is 18.9. The lowest BCUT2D eigenvalue weighted by Crippen LogP contribution is -2.45. The number of hydrogen-bond donors (Lipinski definition) is 2. The van der Waals surface area contributed by atoms with Crippen LogP contribution in [-0.4, -0.2) is 80.5 Å². The van der Waals surface area contributed by atoms with E-state index >= 15 is 9.18 Å². The molecule has 4 aliphatic rings. The third kappa shape index (κ3) is 10.2. The molecule has 2 saturated carbocycles. The summed E-state index contributed by atoms with van der Waals surface area (Å²) >= 11 is 1.47. The molecule has 344 valence electrons. The number of ketones is 1. The number of hydrogen-bond acceptors (Lipinski definition) is 11. The number of Topliss-reactive ketones (excluding diaryl/α,β-unsaturated/α-hetero) is 1. The van der Waals surface area contributed by atoms with Crippen molar-refractivity contribution in [3.05, 3.63) is 64.8 Å². The molecule has 2 aromatic heterocycles. The minimum absolute atomic E-state index is 0.0690. The number of thiazole rings is 1. The number of fused-ring (bicyclic) bond motifs is 3. The number of halogens is 1. The monoisotopic (exact) mass is 916 g/mol. The lowest BCUT2D eigenvalue weighted by atomic mass is 9.94.